The van der Waals surface area contributed by atoms with Crippen molar-refractivity contribution in [2.75, 3.05) is 13.1 Å². The van der Waals surface area contributed by atoms with E-state index in [9.17, 15) is 9.90 Å². The van der Waals surface area contributed by atoms with Gasteiger partial charge in [0.15, 0.2) is 0 Å². The molecule has 0 bridgehead atoms. The number of aliphatic hydroxyl groups is 1. The lowest BCUT2D eigenvalue weighted by atomic mass is 10.2. The third kappa shape index (κ3) is 4.57. The fourth-order valence-electron chi connectivity index (χ4n) is 1.25. The number of thiophene rings is 1. The predicted octanol–water partition coefficient (Wildman–Crippen LogP) is 0.509. The van der Waals surface area contributed by atoms with Crippen molar-refractivity contribution >= 4 is 17.2 Å². The van der Waals surface area contributed by atoms with E-state index in [1.807, 2.05) is 16.8 Å². The molecule has 0 spiro atoms. The molecule has 0 radical (unpaired) electrons. The lowest BCUT2D eigenvalue weighted by Gasteiger charge is -2.15. The Hall–Kier alpha value is -1.35. The third-order valence-electron chi connectivity index (χ3n) is 2.30. The Morgan fingerprint density at radius 1 is 1.71 bits per heavy atom. The first-order chi connectivity index (χ1) is 8.15. The summed E-state index contributed by atoms with van der Waals surface area (Å²) in [5.74, 6) is 2.17. The minimum absolute atomic E-state index is 0.166. The Morgan fingerprint density at radius 2 is 2.47 bits per heavy atom. The van der Waals surface area contributed by atoms with Crippen LogP contribution in [0.5, 0.6) is 0 Å². The Morgan fingerprint density at radius 3 is 3.06 bits per heavy atom. The largest absolute Gasteiger partial charge is 0.387 e. The maximum absolute atomic E-state index is 11.5. The van der Waals surface area contributed by atoms with Gasteiger partial charge >= 0.3 is 0 Å². The highest BCUT2D eigenvalue weighted by molar-refractivity contribution is 7.07. The third-order valence-corrected chi connectivity index (χ3v) is 3.00. The van der Waals surface area contributed by atoms with Crippen LogP contribution in [0.4, 0.5) is 0 Å². The fourth-order valence-corrected chi connectivity index (χ4v) is 1.96. The molecule has 1 aromatic rings. The molecule has 2 atom stereocenters. The van der Waals surface area contributed by atoms with Gasteiger partial charge in [-0.25, -0.2) is 0 Å². The van der Waals surface area contributed by atoms with Crippen LogP contribution in [0, 0.1) is 12.3 Å². The lowest BCUT2D eigenvalue weighted by molar-refractivity contribution is -0.122. The lowest BCUT2D eigenvalue weighted by Crippen LogP contribution is -2.43. The van der Waals surface area contributed by atoms with Gasteiger partial charge in [-0.15, -0.1) is 6.42 Å². The second-order valence-corrected chi connectivity index (χ2v) is 4.40. The van der Waals surface area contributed by atoms with Gasteiger partial charge in [0.2, 0.25) is 5.91 Å². The molecule has 0 aromatic carbocycles. The molecule has 17 heavy (non-hydrogen) atoms. The van der Waals surface area contributed by atoms with E-state index in [2.05, 4.69) is 16.6 Å². The van der Waals surface area contributed by atoms with Gasteiger partial charge in [-0.05, 0) is 29.3 Å². The topological polar surface area (TPSA) is 61.4 Å². The van der Waals surface area contributed by atoms with Crippen LogP contribution in [0.15, 0.2) is 16.8 Å². The van der Waals surface area contributed by atoms with Gasteiger partial charge < -0.3 is 15.7 Å². The summed E-state index contributed by atoms with van der Waals surface area (Å²) in [6, 6.07) is 1.48. The van der Waals surface area contributed by atoms with E-state index in [0.717, 1.165) is 5.56 Å². The number of aliphatic hydroxyl groups excluding tert-OH is 1. The van der Waals surface area contributed by atoms with Crippen LogP contribution < -0.4 is 10.6 Å². The summed E-state index contributed by atoms with van der Waals surface area (Å²) in [4.78, 5) is 11.5. The molecule has 3 N–H and O–H groups in total. The Kier molecular flexibility index (Phi) is 5.70. The van der Waals surface area contributed by atoms with Crippen LogP contribution >= 0.6 is 11.3 Å². The molecule has 2 unspecified atom stereocenters. The molecule has 0 aliphatic heterocycles. The first-order valence-corrected chi connectivity index (χ1v) is 6.24. The van der Waals surface area contributed by atoms with E-state index in [4.69, 9.17) is 6.42 Å². The molecule has 1 heterocycles. The second kappa shape index (κ2) is 7.07. The van der Waals surface area contributed by atoms with E-state index in [1.165, 1.54) is 11.3 Å². The van der Waals surface area contributed by atoms with Crippen molar-refractivity contribution in [3.8, 4) is 12.3 Å². The average molecular weight is 252 g/mol. The molecular formula is C12H16N2O2S. The van der Waals surface area contributed by atoms with Crippen molar-refractivity contribution in [1.29, 1.82) is 0 Å². The highest BCUT2D eigenvalue weighted by Gasteiger charge is 2.14. The fraction of sp³-hybridized carbons (Fsp3) is 0.417. The zero-order chi connectivity index (χ0) is 12.7. The molecule has 1 amide bonds. The Bertz CT molecular complexity index is 384. The Balaban J connectivity index is 2.30. The number of nitrogens with one attached hydrogen (secondary N) is 2. The normalized spacial score (nSPS) is 13.7. The average Bonchev–Trinajstić information content (AvgIpc) is 2.86. The maximum Gasteiger partial charge on any atom is 0.237 e. The molecule has 0 saturated carbocycles. The number of hydrogen-bond donors (Lipinski definition) is 3. The SMILES string of the molecule is C#CCNC(=O)C(C)NCC(O)c1ccsc1. The summed E-state index contributed by atoms with van der Waals surface area (Å²) in [7, 11) is 0. The number of carbonyl (C=O) groups is 1. The molecule has 1 rings (SSSR count). The van der Waals surface area contributed by atoms with Crippen molar-refractivity contribution in [2.45, 2.75) is 19.1 Å². The van der Waals surface area contributed by atoms with E-state index in [1.54, 1.807) is 6.92 Å². The van der Waals surface area contributed by atoms with Crippen LogP contribution in [0.2, 0.25) is 0 Å². The summed E-state index contributed by atoms with van der Waals surface area (Å²) in [5.41, 5.74) is 0.860. The monoisotopic (exact) mass is 252 g/mol. The maximum atomic E-state index is 11.5. The molecule has 0 saturated heterocycles. The van der Waals surface area contributed by atoms with E-state index in [0.29, 0.717) is 6.54 Å². The Labute approximate surface area is 105 Å². The van der Waals surface area contributed by atoms with Crippen LogP contribution in [-0.4, -0.2) is 30.1 Å². The molecule has 4 nitrogen and oxygen atoms in total. The van der Waals surface area contributed by atoms with E-state index >= 15 is 0 Å². The van der Waals surface area contributed by atoms with Crippen molar-refractivity contribution in [3.63, 3.8) is 0 Å². The van der Waals surface area contributed by atoms with Gasteiger partial charge in [0.1, 0.15) is 0 Å². The first kappa shape index (κ1) is 13.7. The van der Waals surface area contributed by atoms with E-state index in [-0.39, 0.29) is 18.5 Å². The van der Waals surface area contributed by atoms with E-state index < -0.39 is 6.10 Å². The zero-order valence-electron chi connectivity index (χ0n) is 9.64. The first-order valence-electron chi connectivity index (χ1n) is 5.30. The molecule has 92 valence electrons. The summed E-state index contributed by atoms with van der Waals surface area (Å²) in [6.07, 6.45) is 4.45. The number of amides is 1. The van der Waals surface area contributed by atoms with Crippen LogP contribution in [0.1, 0.15) is 18.6 Å². The van der Waals surface area contributed by atoms with Crippen molar-refractivity contribution in [1.82, 2.24) is 10.6 Å². The summed E-state index contributed by atoms with van der Waals surface area (Å²) < 4.78 is 0. The molecule has 1 aromatic heterocycles. The number of rotatable bonds is 6. The highest BCUT2D eigenvalue weighted by atomic mass is 32.1. The molecule has 0 aliphatic carbocycles. The summed E-state index contributed by atoms with van der Waals surface area (Å²) >= 11 is 1.53. The van der Waals surface area contributed by atoms with Gasteiger partial charge in [-0.1, -0.05) is 5.92 Å². The summed E-state index contributed by atoms with van der Waals surface area (Å²) in [6.45, 7) is 2.28. The quantitative estimate of drug-likeness (QED) is 0.646. The van der Waals surface area contributed by atoms with Gasteiger partial charge in [0, 0.05) is 6.54 Å². The van der Waals surface area contributed by atoms with Crippen molar-refractivity contribution in [2.24, 2.45) is 0 Å². The minimum Gasteiger partial charge on any atom is -0.387 e. The van der Waals surface area contributed by atoms with Crippen molar-refractivity contribution in [3.05, 3.63) is 22.4 Å². The molecule has 0 fully saturated rings. The second-order valence-electron chi connectivity index (χ2n) is 3.62. The van der Waals surface area contributed by atoms with Crippen LogP contribution in [0.25, 0.3) is 0 Å². The molecule has 5 heteroatoms. The molecule has 0 aliphatic rings. The standard InChI is InChI=1S/C12H16N2O2S/c1-3-5-13-12(16)9(2)14-7-11(15)10-4-6-17-8-10/h1,4,6,8-9,11,14-15H,5,7H2,2H3,(H,13,16). The van der Waals surface area contributed by atoms with Gasteiger partial charge in [-0.2, -0.15) is 11.3 Å². The molecular weight excluding hydrogens is 236 g/mol. The van der Waals surface area contributed by atoms with Gasteiger partial charge in [-0.3, -0.25) is 4.79 Å². The van der Waals surface area contributed by atoms with Crippen molar-refractivity contribution < 1.29 is 9.90 Å². The zero-order valence-corrected chi connectivity index (χ0v) is 10.5. The van der Waals surface area contributed by atoms with Gasteiger partial charge in [0.05, 0.1) is 18.7 Å². The number of terminal acetylenes is 1. The smallest absolute Gasteiger partial charge is 0.237 e. The van der Waals surface area contributed by atoms with Crippen LogP contribution in [0.3, 0.4) is 0 Å². The highest BCUT2D eigenvalue weighted by Crippen LogP contribution is 2.15. The number of hydrogen-bond acceptors (Lipinski definition) is 4. The number of carbonyl (C=O) groups excluding carboxylic acids is 1. The predicted molar refractivity (Wildman–Crippen MR) is 68.6 cm³/mol. The van der Waals surface area contributed by atoms with Gasteiger partial charge in [0.25, 0.3) is 0 Å². The minimum atomic E-state index is -0.593. The summed E-state index contributed by atoms with van der Waals surface area (Å²) in [5, 5.41) is 19.1. The van der Waals surface area contributed by atoms with Crippen LogP contribution in [-0.2, 0) is 4.79 Å².